The van der Waals surface area contributed by atoms with Gasteiger partial charge in [0, 0.05) is 25.2 Å². The van der Waals surface area contributed by atoms with E-state index in [1.54, 1.807) is 11.9 Å². The molecule has 110 valence electrons. The molecule has 0 saturated carbocycles. The van der Waals surface area contributed by atoms with Crippen molar-refractivity contribution >= 4 is 17.7 Å². The van der Waals surface area contributed by atoms with E-state index in [1.165, 1.54) is 0 Å². The lowest BCUT2D eigenvalue weighted by molar-refractivity contribution is -0.137. The Bertz CT molecular complexity index is 474. The van der Waals surface area contributed by atoms with Gasteiger partial charge in [-0.25, -0.2) is 4.79 Å². The second-order valence-electron chi connectivity index (χ2n) is 5.03. The fourth-order valence-corrected chi connectivity index (χ4v) is 1.89. The first-order chi connectivity index (χ1) is 9.40. The Kier molecular flexibility index (Phi) is 6.03. The number of aliphatic carboxylic acids is 1. The van der Waals surface area contributed by atoms with Crippen LogP contribution in [0.3, 0.4) is 0 Å². The van der Waals surface area contributed by atoms with Gasteiger partial charge in [0.1, 0.15) is 0 Å². The monoisotopic (exact) mass is 278 g/mol. The Balaban J connectivity index is 2.47. The molecule has 0 spiro atoms. The van der Waals surface area contributed by atoms with Crippen molar-refractivity contribution in [3.05, 3.63) is 29.8 Å². The lowest BCUT2D eigenvalue weighted by Gasteiger charge is -2.21. The van der Waals surface area contributed by atoms with Crippen LogP contribution < -0.4 is 10.2 Å². The zero-order chi connectivity index (χ0) is 15.1. The SMILES string of the molecule is Cc1cccc(N(C)C(=O)NC(C)CCCC(=O)O)c1. The van der Waals surface area contributed by atoms with Crippen LogP contribution in [0, 0.1) is 6.92 Å². The number of carbonyl (C=O) groups is 2. The van der Waals surface area contributed by atoms with Gasteiger partial charge in [-0.15, -0.1) is 0 Å². The molecule has 1 aromatic rings. The van der Waals surface area contributed by atoms with E-state index in [4.69, 9.17) is 5.11 Å². The van der Waals surface area contributed by atoms with Gasteiger partial charge in [0.25, 0.3) is 0 Å². The van der Waals surface area contributed by atoms with Crippen LogP contribution in [-0.2, 0) is 4.79 Å². The van der Waals surface area contributed by atoms with E-state index in [0.717, 1.165) is 11.3 Å². The molecule has 0 bridgehead atoms. The first kappa shape index (κ1) is 16.0. The van der Waals surface area contributed by atoms with E-state index < -0.39 is 5.97 Å². The van der Waals surface area contributed by atoms with Crippen LogP contribution in [-0.4, -0.2) is 30.2 Å². The highest BCUT2D eigenvalue weighted by Crippen LogP contribution is 2.14. The van der Waals surface area contributed by atoms with Crippen molar-refractivity contribution in [3.8, 4) is 0 Å². The molecule has 0 aliphatic heterocycles. The number of carbonyl (C=O) groups excluding carboxylic acids is 1. The topological polar surface area (TPSA) is 69.6 Å². The maximum atomic E-state index is 12.1. The number of nitrogens with zero attached hydrogens (tertiary/aromatic N) is 1. The summed E-state index contributed by atoms with van der Waals surface area (Å²) in [6.07, 6.45) is 1.35. The molecule has 2 amide bonds. The molecule has 5 nitrogen and oxygen atoms in total. The molecule has 1 rings (SSSR count). The number of amides is 2. The van der Waals surface area contributed by atoms with E-state index in [1.807, 2.05) is 38.1 Å². The van der Waals surface area contributed by atoms with E-state index in [2.05, 4.69) is 5.32 Å². The molecule has 1 unspecified atom stereocenters. The maximum Gasteiger partial charge on any atom is 0.321 e. The van der Waals surface area contributed by atoms with Crippen LogP contribution in [0.5, 0.6) is 0 Å². The summed E-state index contributed by atoms with van der Waals surface area (Å²) < 4.78 is 0. The third-order valence-electron chi connectivity index (χ3n) is 3.09. The first-order valence-electron chi connectivity index (χ1n) is 6.73. The second kappa shape index (κ2) is 7.53. The summed E-state index contributed by atoms with van der Waals surface area (Å²) >= 11 is 0. The molecule has 20 heavy (non-hydrogen) atoms. The summed E-state index contributed by atoms with van der Waals surface area (Å²) in [4.78, 5) is 24.0. The predicted octanol–water partition coefficient (Wildman–Crippen LogP) is 2.78. The van der Waals surface area contributed by atoms with Crippen LogP contribution in [0.4, 0.5) is 10.5 Å². The minimum Gasteiger partial charge on any atom is -0.481 e. The van der Waals surface area contributed by atoms with Gasteiger partial charge < -0.3 is 10.4 Å². The number of hydrogen-bond acceptors (Lipinski definition) is 2. The molecular weight excluding hydrogens is 256 g/mol. The number of urea groups is 1. The van der Waals surface area contributed by atoms with E-state index in [9.17, 15) is 9.59 Å². The molecular formula is C15H22N2O3. The quantitative estimate of drug-likeness (QED) is 0.840. The number of benzene rings is 1. The fraction of sp³-hybridized carbons (Fsp3) is 0.467. The van der Waals surface area contributed by atoms with Crippen LogP contribution in [0.1, 0.15) is 31.7 Å². The minimum atomic E-state index is -0.805. The lowest BCUT2D eigenvalue weighted by Crippen LogP contribution is -2.42. The molecule has 1 aromatic carbocycles. The number of anilines is 1. The molecule has 0 aliphatic carbocycles. The average Bonchev–Trinajstić information content (AvgIpc) is 2.37. The number of rotatable bonds is 6. The molecule has 0 aliphatic rings. The van der Waals surface area contributed by atoms with Gasteiger partial charge in [-0.1, -0.05) is 12.1 Å². The van der Waals surface area contributed by atoms with Crippen LogP contribution in [0.15, 0.2) is 24.3 Å². The largest absolute Gasteiger partial charge is 0.481 e. The Labute approximate surface area is 119 Å². The van der Waals surface area contributed by atoms with E-state index >= 15 is 0 Å². The summed E-state index contributed by atoms with van der Waals surface area (Å²) in [5.74, 6) is -0.805. The predicted molar refractivity (Wildman–Crippen MR) is 79.1 cm³/mol. The molecule has 2 N–H and O–H groups in total. The molecule has 0 fully saturated rings. The Morgan fingerprint density at radius 3 is 2.70 bits per heavy atom. The van der Waals surface area contributed by atoms with Crippen molar-refractivity contribution in [2.24, 2.45) is 0 Å². The molecule has 1 atom stereocenters. The van der Waals surface area contributed by atoms with Crippen LogP contribution >= 0.6 is 0 Å². The van der Waals surface area contributed by atoms with Gasteiger partial charge in [0.2, 0.25) is 0 Å². The Hall–Kier alpha value is -2.04. The van der Waals surface area contributed by atoms with Crippen molar-refractivity contribution in [2.75, 3.05) is 11.9 Å². The second-order valence-corrected chi connectivity index (χ2v) is 5.03. The summed E-state index contributed by atoms with van der Waals surface area (Å²) in [5, 5.41) is 11.4. The van der Waals surface area contributed by atoms with Gasteiger partial charge in [-0.3, -0.25) is 9.69 Å². The van der Waals surface area contributed by atoms with Gasteiger partial charge in [0.15, 0.2) is 0 Å². The van der Waals surface area contributed by atoms with Crippen LogP contribution in [0.25, 0.3) is 0 Å². The van der Waals surface area contributed by atoms with Crippen molar-refractivity contribution in [2.45, 2.75) is 39.2 Å². The minimum absolute atomic E-state index is 0.0471. The molecule has 0 radical (unpaired) electrons. The molecule has 0 heterocycles. The van der Waals surface area contributed by atoms with Gasteiger partial charge >= 0.3 is 12.0 Å². The van der Waals surface area contributed by atoms with Crippen molar-refractivity contribution < 1.29 is 14.7 Å². The smallest absolute Gasteiger partial charge is 0.321 e. The highest BCUT2D eigenvalue weighted by molar-refractivity contribution is 5.91. The standard InChI is InChI=1S/C15H22N2O3/c1-11-6-4-8-13(10-11)17(3)15(20)16-12(2)7-5-9-14(18)19/h4,6,8,10,12H,5,7,9H2,1-3H3,(H,16,20)(H,18,19). The van der Waals surface area contributed by atoms with Crippen molar-refractivity contribution in [1.82, 2.24) is 5.32 Å². The zero-order valence-electron chi connectivity index (χ0n) is 12.2. The number of nitrogens with one attached hydrogen (secondary N) is 1. The van der Waals surface area contributed by atoms with Crippen molar-refractivity contribution in [1.29, 1.82) is 0 Å². The Morgan fingerprint density at radius 1 is 1.40 bits per heavy atom. The van der Waals surface area contributed by atoms with Gasteiger partial charge in [0.05, 0.1) is 0 Å². The average molecular weight is 278 g/mol. The number of carboxylic acids is 1. The van der Waals surface area contributed by atoms with Crippen molar-refractivity contribution in [3.63, 3.8) is 0 Å². The first-order valence-corrected chi connectivity index (χ1v) is 6.73. The molecule has 5 heteroatoms. The molecule has 0 saturated heterocycles. The Morgan fingerprint density at radius 2 is 2.10 bits per heavy atom. The fourth-order valence-electron chi connectivity index (χ4n) is 1.89. The summed E-state index contributed by atoms with van der Waals surface area (Å²) in [5.41, 5.74) is 1.93. The normalized spacial score (nSPS) is 11.8. The highest BCUT2D eigenvalue weighted by Gasteiger charge is 2.13. The number of carboxylic acid groups (broad SMARTS) is 1. The zero-order valence-corrected chi connectivity index (χ0v) is 12.2. The van der Waals surface area contributed by atoms with E-state index in [0.29, 0.717) is 12.8 Å². The highest BCUT2D eigenvalue weighted by atomic mass is 16.4. The number of aryl methyl sites for hydroxylation is 1. The third-order valence-corrected chi connectivity index (χ3v) is 3.09. The van der Waals surface area contributed by atoms with Gasteiger partial charge in [-0.05, 0) is 44.4 Å². The van der Waals surface area contributed by atoms with E-state index in [-0.39, 0.29) is 18.5 Å². The maximum absolute atomic E-state index is 12.1. The summed E-state index contributed by atoms with van der Waals surface area (Å²) in [6.45, 7) is 3.85. The van der Waals surface area contributed by atoms with Crippen LogP contribution in [0.2, 0.25) is 0 Å². The summed E-state index contributed by atoms with van der Waals surface area (Å²) in [6, 6.07) is 7.47. The summed E-state index contributed by atoms with van der Waals surface area (Å²) in [7, 11) is 1.72. The lowest BCUT2D eigenvalue weighted by atomic mass is 10.1. The molecule has 0 aromatic heterocycles. The third kappa shape index (κ3) is 5.30. The number of hydrogen-bond donors (Lipinski definition) is 2. The van der Waals surface area contributed by atoms with Gasteiger partial charge in [-0.2, -0.15) is 0 Å².